The van der Waals surface area contributed by atoms with Crippen molar-refractivity contribution in [3.63, 3.8) is 0 Å². The smallest absolute Gasteiger partial charge is 0.270 e. The second-order valence-corrected chi connectivity index (χ2v) is 3.37. The normalized spacial score (nSPS) is 11.2. The number of hydrogen-bond donors (Lipinski definition) is 1. The Balaban J connectivity index is 2.88. The number of alkyl halides is 2. The lowest BCUT2D eigenvalue weighted by Gasteiger charge is -2.12. The average Bonchev–Trinajstić information content (AvgIpc) is 2.17. The van der Waals surface area contributed by atoms with Crippen molar-refractivity contribution >= 4 is 11.6 Å². The van der Waals surface area contributed by atoms with Gasteiger partial charge in [0.1, 0.15) is 0 Å². The SMILES string of the molecule is CCC(=O)Nc1cccc(C(C)(F)F)c1. The van der Waals surface area contributed by atoms with Crippen molar-refractivity contribution < 1.29 is 13.6 Å². The molecule has 4 heteroatoms. The summed E-state index contributed by atoms with van der Waals surface area (Å²) in [7, 11) is 0. The van der Waals surface area contributed by atoms with Crippen molar-refractivity contribution in [1.82, 2.24) is 0 Å². The van der Waals surface area contributed by atoms with Gasteiger partial charge in [-0.15, -0.1) is 0 Å². The zero-order chi connectivity index (χ0) is 11.5. The van der Waals surface area contributed by atoms with Gasteiger partial charge in [-0.3, -0.25) is 4.79 Å². The number of benzene rings is 1. The molecule has 0 aliphatic heterocycles. The Morgan fingerprint density at radius 1 is 1.47 bits per heavy atom. The topological polar surface area (TPSA) is 29.1 Å². The highest BCUT2D eigenvalue weighted by Crippen LogP contribution is 2.28. The minimum absolute atomic E-state index is 0.101. The van der Waals surface area contributed by atoms with E-state index < -0.39 is 5.92 Å². The van der Waals surface area contributed by atoms with Gasteiger partial charge in [0.25, 0.3) is 5.92 Å². The maximum atomic E-state index is 12.9. The maximum Gasteiger partial charge on any atom is 0.270 e. The summed E-state index contributed by atoms with van der Waals surface area (Å²) in [5.74, 6) is -3.07. The van der Waals surface area contributed by atoms with E-state index in [0.717, 1.165) is 6.92 Å². The molecule has 0 aliphatic carbocycles. The fourth-order valence-corrected chi connectivity index (χ4v) is 1.12. The number of amides is 1. The fraction of sp³-hybridized carbons (Fsp3) is 0.364. The fourth-order valence-electron chi connectivity index (χ4n) is 1.12. The molecule has 0 fully saturated rings. The second kappa shape index (κ2) is 4.38. The number of hydrogen-bond acceptors (Lipinski definition) is 1. The van der Waals surface area contributed by atoms with E-state index in [-0.39, 0.29) is 11.5 Å². The molecule has 0 radical (unpaired) electrons. The first kappa shape index (κ1) is 11.6. The van der Waals surface area contributed by atoms with Gasteiger partial charge < -0.3 is 5.32 Å². The summed E-state index contributed by atoms with van der Waals surface area (Å²) in [6, 6.07) is 5.70. The standard InChI is InChI=1S/C11H13F2NO/c1-3-10(15)14-9-6-4-5-8(7-9)11(2,12)13/h4-7H,3H2,1-2H3,(H,14,15). The van der Waals surface area contributed by atoms with Crippen molar-refractivity contribution in [2.24, 2.45) is 0 Å². The van der Waals surface area contributed by atoms with E-state index in [2.05, 4.69) is 5.32 Å². The molecule has 0 saturated heterocycles. The third-order valence-electron chi connectivity index (χ3n) is 1.97. The van der Waals surface area contributed by atoms with Crippen LogP contribution >= 0.6 is 0 Å². The number of carbonyl (C=O) groups excluding carboxylic acids is 1. The molecular formula is C11H13F2NO. The number of anilines is 1. The van der Waals surface area contributed by atoms with Gasteiger partial charge in [-0.1, -0.05) is 19.1 Å². The van der Waals surface area contributed by atoms with Gasteiger partial charge in [-0.2, -0.15) is 0 Å². The van der Waals surface area contributed by atoms with Gasteiger partial charge in [-0.05, 0) is 12.1 Å². The Kier molecular flexibility index (Phi) is 3.39. The van der Waals surface area contributed by atoms with Gasteiger partial charge in [0, 0.05) is 24.6 Å². The van der Waals surface area contributed by atoms with E-state index in [4.69, 9.17) is 0 Å². The third kappa shape index (κ3) is 3.31. The summed E-state index contributed by atoms with van der Waals surface area (Å²) in [5.41, 5.74) is 0.303. The van der Waals surface area contributed by atoms with Crippen LogP contribution in [-0.2, 0) is 10.7 Å². The zero-order valence-electron chi connectivity index (χ0n) is 8.68. The van der Waals surface area contributed by atoms with Crippen molar-refractivity contribution in [3.05, 3.63) is 29.8 Å². The van der Waals surface area contributed by atoms with Crippen molar-refractivity contribution in [1.29, 1.82) is 0 Å². The minimum Gasteiger partial charge on any atom is -0.326 e. The van der Waals surface area contributed by atoms with Crippen molar-refractivity contribution in [3.8, 4) is 0 Å². The molecule has 0 aromatic heterocycles. The molecule has 1 aromatic rings. The van der Waals surface area contributed by atoms with Crippen LogP contribution < -0.4 is 5.32 Å². The average molecular weight is 213 g/mol. The molecule has 15 heavy (non-hydrogen) atoms. The molecule has 0 unspecified atom stereocenters. The summed E-state index contributed by atoms with van der Waals surface area (Å²) in [5, 5.41) is 2.53. The Morgan fingerprint density at radius 3 is 2.67 bits per heavy atom. The molecule has 1 N–H and O–H groups in total. The predicted molar refractivity (Wildman–Crippen MR) is 54.9 cm³/mol. The van der Waals surface area contributed by atoms with Crippen LogP contribution in [-0.4, -0.2) is 5.91 Å². The first-order chi connectivity index (χ1) is 6.93. The monoisotopic (exact) mass is 213 g/mol. The number of halogens is 2. The second-order valence-electron chi connectivity index (χ2n) is 3.37. The summed E-state index contributed by atoms with van der Waals surface area (Å²) in [4.78, 5) is 11.0. The molecule has 1 aromatic carbocycles. The lowest BCUT2D eigenvalue weighted by atomic mass is 10.1. The van der Waals surface area contributed by atoms with E-state index in [9.17, 15) is 13.6 Å². The van der Waals surface area contributed by atoms with E-state index >= 15 is 0 Å². The molecule has 82 valence electrons. The molecule has 0 heterocycles. The Hall–Kier alpha value is -1.45. The highest BCUT2D eigenvalue weighted by atomic mass is 19.3. The quantitative estimate of drug-likeness (QED) is 0.821. The van der Waals surface area contributed by atoms with Gasteiger partial charge in [0.2, 0.25) is 5.91 Å². The van der Waals surface area contributed by atoms with Crippen molar-refractivity contribution in [2.75, 3.05) is 5.32 Å². The van der Waals surface area contributed by atoms with Gasteiger partial charge in [0.15, 0.2) is 0 Å². The highest BCUT2D eigenvalue weighted by molar-refractivity contribution is 5.90. The van der Waals surface area contributed by atoms with Crippen LogP contribution in [0.15, 0.2) is 24.3 Å². The van der Waals surface area contributed by atoms with Crippen LogP contribution in [0.1, 0.15) is 25.8 Å². The molecule has 0 aliphatic rings. The van der Waals surface area contributed by atoms with Crippen LogP contribution in [0.4, 0.5) is 14.5 Å². The van der Waals surface area contributed by atoms with E-state index in [0.29, 0.717) is 12.1 Å². The molecule has 0 spiro atoms. The number of carbonyl (C=O) groups is 1. The molecule has 2 nitrogen and oxygen atoms in total. The lowest BCUT2D eigenvalue weighted by molar-refractivity contribution is -0.115. The Bertz CT molecular complexity index is 358. The maximum absolute atomic E-state index is 12.9. The largest absolute Gasteiger partial charge is 0.326 e. The number of nitrogens with one attached hydrogen (secondary N) is 1. The highest BCUT2D eigenvalue weighted by Gasteiger charge is 2.24. The van der Waals surface area contributed by atoms with Gasteiger partial charge in [-0.25, -0.2) is 8.78 Å². The van der Waals surface area contributed by atoms with Crippen LogP contribution in [0.2, 0.25) is 0 Å². The summed E-state index contributed by atoms with van der Waals surface area (Å²) in [6.45, 7) is 2.53. The molecule has 0 saturated carbocycles. The molecule has 0 atom stereocenters. The van der Waals surface area contributed by atoms with Gasteiger partial charge >= 0.3 is 0 Å². The van der Waals surface area contributed by atoms with Gasteiger partial charge in [0.05, 0.1) is 0 Å². The van der Waals surface area contributed by atoms with Crippen LogP contribution in [0.5, 0.6) is 0 Å². The summed E-state index contributed by atoms with van der Waals surface area (Å²) in [6.07, 6.45) is 0.326. The van der Waals surface area contributed by atoms with E-state index in [1.807, 2.05) is 0 Å². The Morgan fingerprint density at radius 2 is 2.13 bits per heavy atom. The summed E-state index contributed by atoms with van der Waals surface area (Å²) < 4.78 is 25.9. The van der Waals surface area contributed by atoms with E-state index in [1.165, 1.54) is 18.2 Å². The first-order valence-corrected chi connectivity index (χ1v) is 4.71. The van der Waals surface area contributed by atoms with Crippen LogP contribution in [0, 0.1) is 0 Å². The zero-order valence-corrected chi connectivity index (χ0v) is 8.68. The molecule has 1 rings (SSSR count). The molecular weight excluding hydrogens is 200 g/mol. The predicted octanol–water partition coefficient (Wildman–Crippen LogP) is 3.15. The Labute approximate surface area is 87.3 Å². The summed E-state index contributed by atoms with van der Waals surface area (Å²) >= 11 is 0. The van der Waals surface area contributed by atoms with Crippen LogP contribution in [0.3, 0.4) is 0 Å². The lowest BCUT2D eigenvalue weighted by Crippen LogP contribution is -2.11. The third-order valence-corrected chi connectivity index (χ3v) is 1.97. The number of rotatable bonds is 3. The molecule has 0 bridgehead atoms. The van der Waals surface area contributed by atoms with Crippen LogP contribution in [0.25, 0.3) is 0 Å². The van der Waals surface area contributed by atoms with Crippen molar-refractivity contribution in [2.45, 2.75) is 26.2 Å². The van der Waals surface area contributed by atoms with E-state index in [1.54, 1.807) is 13.0 Å². The minimum atomic E-state index is -2.88. The first-order valence-electron chi connectivity index (χ1n) is 4.71. The molecule has 1 amide bonds.